The number of amides is 1. The average molecular weight is 425 g/mol. The van der Waals surface area contributed by atoms with E-state index in [2.05, 4.69) is 23.2 Å². The number of likely N-dealkylation sites (tertiary alicyclic amines) is 1. The molecule has 0 radical (unpaired) electrons. The Morgan fingerprint density at radius 1 is 1.23 bits per heavy atom. The second-order valence-electron chi connectivity index (χ2n) is 8.50. The van der Waals surface area contributed by atoms with Crippen molar-refractivity contribution in [3.63, 3.8) is 0 Å². The fraction of sp³-hybridized carbons (Fsp3) is 0.458. The van der Waals surface area contributed by atoms with Crippen LogP contribution in [0.3, 0.4) is 0 Å². The van der Waals surface area contributed by atoms with Gasteiger partial charge < -0.3 is 9.80 Å². The predicted molar refractivity (Wildman–Crippen MR) is 122 cm³/mol. The van der Waals surface area contributed by atoms with Crippen molar-refractivity contribution in [3.05, 3.63) is 53.3 Å². The summed E-state index contributed by atoms with van der Waals surface area (Å²) in [5.41, 5.74) is 3.13. The largest absolute Gasteiger partial charge is 0.347 e. The lowest BCUT2D eigenvalue weighted by Crippen LogP contribution is -2.38. The fourth-order valence-electron chi connectivity index (χ4n) is 4.41. The van der Waals surface area contributed by atoms with Gasteiger partial charge in [0.25, 0.3) is 0 Å². The Bertz CT molecular complexity index is 935. The van der Waals surface area contributed by atoms with E-state index in [0.29, 0.717) is 29.2 Å². The first-order valence-corrected chi connectivity index (χ1v) is 11.1. The van der Waals surface area contributed by atoms with E-state index in [1.54, 1.807) is 0 Å². The maximum Gasteiger partial charge on any atom is 0.225 e. The van der Waals surface area contributed by atoms with Crippen LogP contribution in [-0.2, 0) is 4.79 Å². The molecule has 6 heteroatoms. The Morgan fingerprint density at radius 2 is 2.03 bits per heavy atom. The zero-order chi connectivity index (χ0) is 21.1. The van der Waals surface area contributed by atoms with Crippen LogP contribution in [0, 0.1) is 5.92 Å². The van der Waals surface area contributed by atoms with Gasteiger partial charge >= 0.3 is 0 Å². The van der Waals surface area contributed by atoms with Gasteiger partial charge in [0, 0.05) is 56.3 Å². The van der Waals surface area contributed by atoms with Crippen molar-refractivity contribution < 1.29 is 4.79 Å². The molecule has 2 heterocycles. The standard InChI is InChI=1S/C24H29ClN4O/c1-28(2)24-26-16-21(19-8-5-9-20(25)15-19)23(27-24)18-10-12-29(13-11-18)22(30)14-17-6-3-4-7-17/h3,5-6,8-9,15-18H,4,7,10-14H2,1-2H3. The highest BCUT2D eigenvalue weighted by molar-refractivity contribution is 6.30. The molecule has 0 spiro atoms. The number of hydrogen-bond acceptors (Lipinski definition) is 4. The van der Waals surface area contributed by atoms with Crippen LogP contribution in [0.1, 0.15) is 43.7 Å². The molecule has 5 nitrogen and oxygen atoms in total. The highest BCUT2D eigenvalue weighted by Gasteiger charge is 2.28. The number of aromatic nitrogens is 2. The van der Waals surface area contributed by atoms with Crippen molar-refractivity contribution in [2.75, 3.05) is 32.1 Å². The number of carbonyl (C=O) groups is 1. The Labute approximate surface area is 183 Å². The minimum Gasteiger partial charge on any atom is -0.347 e. The molecule has 1 aliphatic carbocycles. The van der Waals surface area contributed by atoms with Gasteiger partial charge in [0.1, 0.15) is 0 Å². The minimum atomic E-state index is 0.289. The van der Waals surface area contributed by atoms with Crippen molar-refractivity contribution in [1.82, 2.24) is 14.9 Å². The van der Waals surface area contributed by atoms with E-state index < -0.39 is 0 Å². The van der Waals surface area contributed by atoms with Gasteiger partial charge in [-0.25, -0.2) is 9.97 Å². The highest BCUT2D eigenvalue weighted by Crippen LogP contribution is 2.35. The zero-order valence-electron chi connectivity index (χ0n) is 17.7. The molecule has 0 N–H and O–H groups in total. The van der Waals surface area contributed by atoms with E-state index in [1.807, 2.05) is 48.3 Å². The summed E-state index contributed by atoms with van der Waals surface area (Å²) in [6, 6.07) is 7.85. The molecule has 2 aliphatic rings. The van der Waals surface area contributed by atoms with Gasteiger partial charge in [-0.3, -0.25) is 4.79 Å². The number of halogens is 1. The number of piperidine rings is 1. The molecule has 1 aliphatic heterocycles. The number of anilines is 1. The van der Waals surface area contributed by atoms with Gasteiger partial charge in [-0.2, -0.15) is 0 Å². The van der Waals surface area contributed by atoms with Crippen molar-refractivity contribution in [3.8, 4) is 11.1 Å². The molecule has 1 aromatic carbocycles. The summed E-state index contributed by atoms with van der Waals surface area (Å²) in [6.45, 7) is 1.58. The number of benzene rings is 1. The maximum absolute atomic E-state index is 12.7. The first-order chi connectivity index (χ1) is 14.5. The van der Waals surface area contributed by atoms with Gasteiger partial charge in [0.05, 0.1) is 5.69 Å². The average Bonchev–Trinajstić information content (AvgIpc) is 3.26. The second-order valence-corrected chi connectivity index (χ2v) is 8.93. The molecule has 1 unspecified atom stereocenters. The van der Waals surface area contributed by atoms with Gasteiger partial charge in [-0.15, -0.1) is 0 Å². The smallest absolute Gasteiger partial charge is 0.225 e. The van der Waals surface area contributed by atoms with Crippen LogP contribution in [0.15, 0.2) is 42.6 Å². The van der Waals surface area contributed by atoms with Crippen LogP contribution < -0.4 is 4.90 Å². The lowest BCUT2D eigenvalue weighted by Gasteiger charge is -2.33. The number of rotatable bonds is 5. The normalized spacial score (nSPS) is 19.3. The van der Waals surface area contributed by atoms with Crippen LogP contribution in [0.5, 0.6) is 0 Å². The van der Waals surface area contributed by atoms with Crippen LogP contribution in [-0.4, -0.2) is 48.0 Å². The summed E-state index contributed by atoms with van der Waals surface area (Å²) >= 11 is 6.24. The molecule has 2 aromatic rings. The Balaban J connectivity index is 1.52. The first-order valence-electron chi connectivity index (χ1n) is 10.8. The molecule has 158 valence electrons. The summed E-state index contributed by atoms with van der Waals surface area (Å²) < 4.78 is 0. The van der Waals surface area contributed by atoms with E-state index in [4.69, 9.17) is 16.6 Å². The summed E-state index contributed by atoms with van der Waals surface area (Å²) in [4.78, 5) is 26.1. The first kappa shape index (κ1) is 20.9. The molecule has 1 atom stereocenters. The number of allylic oxidation sites excluding steroid dienone is 2. The second kappa shape index (κ2) is 9.17. The fourth-order valence-corrected chi connectivity index (χ4v) is 4.60. The minimum absolute atomic E-state index is 0.289. The third kappa shape index (κ3) is 4.67. The van der Waals surface area contributed by atoms with Gasteiger partial charge in [0.15, 0.2) is 0 Å². The number of hydrogen-bond donors (Lipinski definition) is 0. The topological polar surface area (TPSA) is 49.3 Å². The van der Waals surface area contributed by atoms with Crippen LogP contribution in [0.4, 0.5) is 5.95 Å². The predicted octanol–water partition coefficient (Wildman–Crippen LogP) is 4.93. The van der Waals surface area contributed by atoms with Crippen LogP contribution in [0.2, 0.25) is 5.02 Å². The summed E-state index contributed by atoms with van der Waals surface area (Å²) in [5, 5.41) is 0.705. The van der Waals surface area contributed by atoms with E-state index in [9.17, 15) is 4.79 Å². The summed E-state index contributed by atoms with van der Waals surface area (Å²) in [7, 11) is 3.91. The van der Waals surface area contributed by atoms with Crippen LogP contribution in [0.25, 0.3) is 11.1 Å². The van der Waals surface area contributed by atoms with Crippen molar-refractivity contribution in [1.29, 1.82) is 0 Å². The van der Waals surface area contributed by atoms with Gasteiger partial charge in [-0.1, -0.05) is 35.9 Å². The lowest BCUT2D eigenvalue weighted by molar-refractivity contribution is -0.132. The molecule has 1 saturated heterocycles. The van der Waals surface area contributed by atoms with Crippen molar-refractivity contribution >= 4 is 23.5 Å². The molecule has 0 saturated carbocycles. The van der Waals surface area contributed by atoms with Crippen molar-refractivity contribution in [2.24, 2.45) is 5.92 Å². The third-order valence-corrected chi connectivity index (χ3v) is 6.36. The third-order valence-electron chi connectivity index (χ3n) is 6.12. The molecule has 4 rings (SSSR count). The molecular weight excluding hydrogens is 396 g/mol. The van der Waals surface area contributed by atoms with Gasteiger partial charge in [-0.05, 0) is 49.3 Å². The Hall–Kier alpha value is -2.40. The van der Waals surface area contributed by atoms with Crippen molar-refractivity contribution in [2.45, 2.75) is 38.0 Å². The summed E-state index contributed by atoms with van der Waals surface area (Å²) in [5.74, 6) is 1.73. The molecule has 30 heavy (non-hydrogen) atoms. The number of nitrogens with zero attached hydrogens (tertiary/aromatic N) is 4. The SMILES string of the molecule is CN(C)c1ncc(-c2cccc(Cl)c2)c(C2CCN(C(=O)CC3C=CCC3)CC2)n1. The Morgan fingerprint density at radius 3 is 2.70 bits per heavy atom. The van der Waals surface area contributed by atoms with E-state index >= 15 is 0 Å². The highest BCUT2D eigenvalue weighted by atomic mass is 35.5. The maximum atomic E-state index is 12.7. The monoisotopic (exact) mass is 424 g/mol. The molecule has 1 amide bonds. The lowest BCUT2D eigenvalue weighted by atomic mass is 9.88. The zero-order valence-corrected chi connectivity index (χ0v) is 18.5. The molecule has 1 fully saturated rings. The molecular formula is C24H29ClN4O. The molecule has 0 bridgehead atoms. The van der Waals surface area contributed by atoms with E-state index in [1.165, 1.54) is 0 Å². The van der Waals surface area contributed by atoms with E-state index in [-0.39, 0.29) is 5.91 Å². The van der Waals surface area contributed by atoms with Crippen LogP contribution >= 0.6 is 11.6 Å². The molecule has 1 aromatic heterocycles. The number of carbonyl (C=O) groups excluding carboxylic acids is 1. The Kier molecular flexibility index (Phi) is 6.38. The quantitative estimate of drug-likeness (QED) is 0.639. The summed E-state index contributed by atoms with van der Waals surface area (Å²) in [6.07, 6.45) is 11.0. The van der Waals surface area contributed by atoms with Gasteiger partial charge in [0.2, 0.25) is 11.9 Å². The van der Waals surface area contributed by atoms with E-state index in [0.717, 1.165) is 55.6 Å².